The van der Waals surface area contributed by atoms with Crippen molar-refractivity contribution in [3.8, 4) is 11.3 Å². The molecule has 2 aromatic carbocycles. The Morgan fingerprint density at radius 3 is 2.43 bits per heavy atom. The molecular formula is C19H19NO. The molecule has 0 spiro atoms. The van der Waals surface area contributed by atoms with Crippen LogP contribution >= 0.6 is 0 Å². The highest BCUT2D eigenvalue weighted by atomic mass is 16.1. The third-order valence-corrected chi connectivity index (χ3v) is 4.14. The van der Waals surface area contributed by atoms with Gasteiger partial charge in [-0.15, -0.1) is 0 Å². The van der Waals surface area contributed by atoms with Gasteiger partial charge in [0.2, 0.25) is 0 Å². The summed E-state index contributed by atoms with van der Waals surface area (Å²) in [4.78, 5) is 11.0. The second kappa shape index (κ2) is 5.57. The summed E-state index contributed by atoms with van der Waals surface area (Å²) in [6.45, 7) is 2.13. The van der Waals surface area contributed by atoms with Gasteiger partial charge in [0.05, 0.1) is 5.69 Å². The van der Waals surface area contributed by atoms with Crippen LogP contribution in [0.1, 0.15) is 24.8 Å². The first-order chi connectivity index (χ1) is 10.2. The van der Waals surface area contributed by atoms with E-state index in [0.29, 0.717) is 6.42 Å². The highest BCUT2D eigenvalue weighted by molar-refractivity contribution is 5.92. The van der Waals surface area contributed by atoms with Gasteiger partial charge in [0.25, 0.3) is 0 Å². The van der Waals surface area contributed by atoms with Crippen LogP contribution in [0.2, 0.25) is 0 Å². The lowest BCUT2D eigenvalue weighted by Crippen LogP contribution is -1.99. The first-order valence-electron chi connectivity index (χ1n) is 7.30. The van der Waals surface area contributed by atoms with Gasteiger partial charge in [0.1, 0.15) is 6.29 Å². The van der Waals surface area contributed by atoms with Crippen molar-refractivity contribution >= 4 is 17.2 Å². The molecule has 0 bridgehead atoms. The topological polar surface area (TPSA) is 22.0 Å². The Morgan fingerprint density at radius 2 is 1.71 bits per heavy atom. The van der Waals surface area contributed by atoms with Crippen LogP contribution in [0, 0.1) is 0 Å². The zero-order chi connectivity index (χ0) is 14.8. The third kappa shape index (κ3) is 2.27. The minimum Gasteiger partial charge on any atom is -0.343 e. The molecule has 106 valence electrons. The number of benzene rings is 2. The van der Waals surface area contributed by atoms with Gasteiger partial charge in [-0.3, -0.25) is 0 Å². The molecule has 2 heteroatoms. The Bertz CT molecular complexity index is 771. The fraction of sp³-hybridized carbons (Fsp3) is 0.211. The van der Waals surface area contributed by atoms with Crippen LogP contribution in [0.15, 0.2) is 54.6 Å². The van der Waals surface area contributed by atoms with Crippen molar-refractivity contribution in [2.24, 2.45) is 7.05 Å². The molecule has 0 saturated carbocycles. The van der Waals surface area contributed by atoms with Gasteiger partial charge < -0.3 is 9.36 Å². The van der Waals surface area contributed by atoms with Crippen molar-refractivity contribution in [2.45, 2.75) is 19.3 Å². The van der Waals surface area contributed by atoms with E-state index in [2.05, 4.69) is 67.1 Å². The van der Waals surface area contributed by atoms with Gasteiger partial charge >= 0.3 is 0 Å². The Hall–Kier alpha value is -2.35. The predicted molar refractivity (Wildman–Crippen MR) is 87.5 cm³/mol. The van der Waals surface area contributed by atoms with Gasteiger partial charge in [-0.2, -0.15) is 0 Å². The lowest BCUT2D eigenvalue weighted by atomic mass is 9.93. The normalized spacial score (nSPS) is 12.5. The van der Waals surface area contributed by atoms with Crippen molar-refractivity contribution in [3.05, 3.63) is 60.2 Å². The molecule has 3 rings (SSSR count). The van der Waals surface area contributed by atoms with Crippen LogP contribution in [0.3, 0.4) is 0 Å². The van der Waals surface area contributed by atoms with Crippen LogP contribution in [0.25, 0.3) is 22.2 Å². The number of para-hydroxylation sites is 1. The Balaban J connectivity index is 2.34. The molecule has 1 aromatic heterocycles. The molecule has 0 fully saturated rings. The van der Waals surface area contributed by atoms with Gasteiger partial charge in [0, 0.05) is 24.4 Å². The minimum atomic E-state index is 0.212. The lowest BCUT2D eigenvalue weighted by molar-refractivity contribution is -0.108. The predicted octanol–water partition coefficient (Wildman–Crippen LogP) is 4.54. The van der Waals surface area contributed by atoms with Crippen molar-refractivity contribution in [1.82, 2.24) is 4.57 Å². The number of hydrogen-bond acceptors (Lipinski definition) is 1. The molecule has 0 aliphatic carbocycles. The number of carbonyl (C=O) groups is 1. The molecule has 3 aromatic rings. The average Bonchev–Trinajstić information content (AvgIpc) is 2.82. The van der Waals surface area contributed by atoms with E-state index in [9.17, 15) is 4.79 Å². The Morgan fingerprint density at radius 1 is 1.05 bits per heavy atom. The maximum Gasteiger partial charge on any atom is 0.120 e. The molecule has 0 aliphatic rings. The van der Waals surface area contributed by atoms with E-state index in [4.69, 9.17) is 0 Å². The molecule has 1 heterocycles. The average molecular weight is 277 g/mol. The molecule has 0 aliphatic heterocycles. The molecule has 0 radical (unpaired) electrons. The second-order valence-electron chi connectivity index (χ2n) is 5.51. The van der Waals surface area contributed by atoms with E-state index in [1.54, 1.807) is 0 Å². The Kier molecular flexibility index (Phi) is 3.61. The zero-order valence-electron chi connectivity index (χ0n) is 12.4. The maximum absolute atomic E-state index is 11.0. The van der Waals surface area contributed by atoms with Crippen molar-refractivity contribution in [1.29, 1.82) is 0 Å². The summed E-state index contributed by atoms with van der Waals surface area (Å²) in [6, 6.07) is 18.8. The zero-order valence-corrected chi connectivity index (χ0v) is 12.4. The molecule has 0 amide bonds. The molecule has 21 heavy (non-hydrogen) atoms. The third-order valence-electron chi connectivity index (χ3n) is 4.14. The molecule has 0 N–H and O–H groups in total. The van der Waals surface area contributed by atoms with Crippen LogP contribution < -0.4 is 0 Å². The summed E-state index contributed by atoms with van der Waals surface area (Å²) in [5, 5.41) is 1.24. The quantitative estimate of drug-likeness (QED) is 0.642. The van der Waals surface area contributed by atoms with Crippen LogP contribution in [-0.2, 0) is 11.8 Å². The summed E-state index contributed by atoms with van der Waals surface area (Å²) in [5.74, 6) is 0.212. The molecule has 1 unspecified atom stereocenters. The van der Waals surface area contributed by atoms with Crippen LogP contribution in [0.5, 0.6) is 0 Å². The lowest BCUT2D eigenvalue weighted by Gasteiger charge is -2.12. The molecule has 1 atom stereocenters. The fourth-order valence-corrected chi connectivity index (χ4v) is 3.13. The summed E-state index contributed by atoms with van der Waals surface area (Å²) in [7, 11) is 2.10. The largest absolute Gasteiger partial charge is 0.343 e. The van der Waals surface area contributed by atoms with E-state index >= 15 is 0 Å². The van der Waals surface area contributed by atoms with Gasteiger partial charge in [-0.25, -0.2) is 0 Å². The number of aromatic nitrogens is 1. The Labute approximate surface area is 125 Å². The highest BCUT2D eigenvalue weighted by Gasteiger charge is 2.20. The standard InChI is InChI=1S/C19H19NO/c1-14(12-13-21)18-16-10-6-7-11-17(16)20(2)19(18)15-8-4-3-5-9-15/h3-11,13-14H,12H2,1-2H3. The monoisotopic (exact) mass is 277 g/mol. The smallest absolute Gasteiger partial charge is 0.120 e. The second-order valence-corrected chi connectivity index (χ2v) is 5.51. The highest BCUT2D eigenvalue weighted by Crippen LogP contribution is 2.38. The summed E-state index contributed by atoms with van der Waals surface area (Å²) in [5.41, 5.74) is 4.89. The SMILES string of the molecule is CC(CC=O)c1c(-c2ccccc2)n(C)c2ccccc12. The number of fused-ring (bicyclic) bond motifs is 1. The van der Waals surface area contributed by atoms with Crippen molar-refractivity contribution in [2.75, 3.05) is 0 Å². The van der Waals surface area contributed by atoms with Crippen LogP contribution in [0.4, 0.5) is 0 Å². The molecular weight excluding hydrogens is 258 g/mol. The van der Waals surface area contributed by atoms with Gasteiger partial charge in [-0.05, 0) is 23.1 Å². The van der Waals surface area contributed by atoms with E-state index in [-0.39, 0.29) is 5.92 Å². The first kappa shape index (κ1) is 13.6. The van der Waals surface area contributed by atoms with Gasteiger partial charge in [0.15, 0.2) is 0 Å². The summed E-state index contributed by atoms with van der Waals surface area (Å²) in [6.07, 6.45) is 1.56. The number of aryl methyl sites for hydroxylation is 1. The first-order valence-corrected chi connectivity index (χ1v) is 7.30. The van der Waals surface area contributed by atoms with Crippen molar-refractivity contribution < 1.29 is 4.79 Å². The minimum absolute atomic E-state index is 0.212. The maximum atomic E-state index is 11.0. The number of aldehydes is 1. The summed E-state index contributed by atoms with van der Waals surface area (Å²) >= 11 is 0. The van der Waals surface area contributed by atoms with Crippen molar-refractivity contribution in [3.63, 3.8) is 0 Å². The molecule has 0 saturated heterocycles. The number of hydrogen-bond donors (Lipinski definition) is 0. The fourth-order valence-electron chi connectivity index (χ4n) is 3.13. The van der Waals surface area contributed by atoms with E-state index < -0.39 is 0 Å². The van der Waals surface area contributed by atoms with E-state index in [0.717, 1.165) is 6.29 Å². The molecule has 2 nitrogen and oxygen atoms in total. The number of nitrogens with zero attached hydrogens (tertiary/aromatic N) is 1. The number of rotatable bonds is 4. The van der Waals surface area contributed by atoms with E-state index in [1.807, 2.05) is 6.07 Å². The van der Waals surface area contributed by atoms with Crippen LogP contribution in [-0.4, -0.2) is 10.9 Å². The van der Waals surface area contributed by atoms with E-state index in [1.165, 1.54) is 27.7 Å². The summed E-state index contributed by atoms with van der Waals surface area (Å²) < 4.78 is 2.24. The number of carbonyl (C=O) groups excluding carboxylic acids is 1. The van der Waals surface area contributed by atoms with Gasteiger partial charge in [-0.1, -0.05) is 55.5 Å².